The predicted molar refractivity (Wildman–Crippen MR) is 108 cm³/mol. The lowest BCUT2D eigenvalue weighted by Crippen LogP contribution is -2.06. The maximum absolute atomic E-state index is 10.8. The first-order valence-corrected chi connectivity index (χ1v) is 9.77. The second-order valence-electron chi connectivity index (χ2n) is 7.01. The standard InChI is InChI=1S/C23H31NO2/c1-3-4-5-6-7-8-10-15-20-16-18(2)17-21(23(20)25)22(24-26)19-13-11-9-12-14-19/h9,11-14,16-17,25-26H,3-8,10,15H2,1-2H3/b24-22-. The summed E-state index contributed by atoms with van der Waals surface area (Å²) < 4.78 is 0. The maximum atomic E-state index is 10.8. The van der Waals surface area contributed by atoms with Crippen molar-refractivity contribution < 1.29 is 10.3 Å². The van der Waals surface area contributed by atoms with E-state index >= 15 is 0 Å². The van der Waals surface area contributed by atoms with Crippen LogP contribution in [0, 0.1) is 6.92 Å². The van der Waals surface area contributed by atoms with Gasteiger partial charge in [-0.05, 0) is 37.0 Å². The average Bonchev–Trinajstić information content (AvgIpc) is 2.65. The molecule has 0 spiro atoms. The smallest absolute Gasteiger partial charge is 0.128 e. The van der Waals surface area contributed by atoms with E-state index in [9.17, 15) is 10.3 Å². The van der Waals surface area contributed by atoms with Gasteiger partial charge in [-0.3, -0.25) is 0 Å². The Morgan fingerprint density at radius 3 is 2.23 bits per heavy atom. The van der Waals surface area contributed by atoms with Crippen molar-refractivity contribution in [2.24, 2.45) is 5.16 Å². The van der Waals surface area contributed by atoms with Crippen molar-refractivity contribution in [2.45, 2.75) is 65.2 Å². The Labute approximate surface area is 157 Å². The number of hydrogen-bond acceptors (Lipinski definition) is 3. The molecule has 0 amide bonds. The van der Waals surface area contributed by atoms with Crippen molar-refractivity contribution in [3.63, 3.8) is 0 Å². The highest BCUT2D eigenvalue weighted by molar-refractivity contribution is 6.14. The second kappa shape index (κ2) is 10.6. The van der Waals surface area contributed by atoms with Crippen LogP contribution in [-0.2, 0) is 6.42 Å². The van der Waals surface area contributed by atoms with E-state index in [1.807, 2.05) is 49.4 Å². The topological polar surface area (TPSA) is 52.8 Å². The Kier molecular flexibility index (Phi) is 8.20. The Morgan fingerprint density at radius 2 is 1.58 bits per heavy atom. The summed E-state index contributed by atoms with van der Waals surface area (Å²) >= 11 is 0. The van der Waals surface area contributed by atoms with Crippen LogP contribution in [0.5, 0.6) is 5.75 Å². The Balaban J connectivity index is 2.08. The van der Waals surface area contributed by atoms with Crippen molar-refractivity contribution in [1.29, 1.82) is 0 Å². The molecular weight excluding hydrogens is 322 g/mol. The van der Waals surface area contributed by atoms with Gasteiger partial charge in [0.05, 0.1) is 0 Å². The molecule has 0 aliphatic heterocycles. The van der Waals surface area contributed by atoms with E-state index < -0.39 is 0 Å². The Hall–Kier alpha value is -2.29. The number of benzene rings is 2. The van der Waals surface area contributed by atoms with E-state index in [-0.39, 0.29) is 5.75 Å². The lowest BCUT2D eigenvalue weighted by molar-refractivity contribution is 0.319. The van der Waals surface area contributed by atoms with Crippen LogP contribution < -0.4 is 0 Å². The zero-order valence-electron chi connectivity index (χ0n) is 16.0. The number of aryl methyl sites for hydroxylation is 2. The van der Waals surface area contributed by atoms with E-state index in [1.54, 1.807) is 0 Å². The van der Waals surface area contributed by atoms with Crippen molar-refractivity contribution in [2.75, 3.05) is 0 Å². The molecule has 140 valence electrons. The van der Waals surface area contributed by atoms with Gasteiger partial charge in [-0.2, -0.15) is 0 Å². The third kappa shape index (κ3) is 5.62. The number of aromatic hydroxyl groups is 1. The summed E-state index contributed by atoms with van der Waals surface area (Å²) in [5.41, 5.74) is 3.79. The zero-order valence-corrected chi connectivity index (χ0v) is 16.0. The van der Waals surface area contributed by atoms with Crippen LogP contribution in [0.2, 0.25) is 0 Å². The lowest BCUT2D eigenvalue weighted by atomic mass is 9.94. The first-order valence-electron chi connectivity index (χ1n) is 9.77. The minimum Gasteiger partial charge on any atom is -0.507 e. The fourth-order valence-corrected chi connectivity index (χ4v) is 3.36. The second-order valence-corrected chi connectivity index (χ2v) is 7.01. The fraction of sp³-hybridized carbons (Fsp3) is 0.435. The summed E-state index contributed by atoms with van der Waals surface area (Å²) in [4.78, 5) is 0. The molecule has 0 heterocycles. The molecule has 0 saturated carbocycles. The van der Waals surface area contributed by atoms with Gasteiger partial charge in [0.15, 0.2) is 0 Å². The molecule has 0 aliphatic carbocycles. The van der Waals surface area contributed by atoms with Crippen LogP contribution in [0.15, 0.2) is 47.6 Å². The molecule has 0 bridgehead atoms. The highest BCUT2D eigenvalue weighted by Crippen LogP contribution is 2.29. The van der Waals surface area contributed by atoms with Crippen molar-refractivity contribution >= 4 is 5.71 Å². The summed E-state index contributed by atoms with van der Waals surface area (Å²) in [5, 5.41) is 23.8. The van der Waals surface area contributed by atoms with E-state index in [1.165, 1.54) is 38.5 Å². The number of rotatable bonds is 10. The van der Waals surface area contributed by atoms with Crippen LogP contribution in [-0.4, -0.2) is 16.0 Å². The Morgan fingerprint density at radius 1 is 0.923 bits per heavy atom. The van der Waals surface area contributed by atoms with Gasteiger partial charge in [0, 0.05) is 11.1 Å². The third-order valence-corrected chi connectivity index (χ3v) is 4.79. The maximum Gasteiger partial charge on any atom is 0.128 e. The molecule has 2 rings (SSSR count). The summed E-state index contributed by atoms with van der Waals surface area (Å²) in [6.07, 6.45) is 9.58. The number of phenolic OH excluding ortho intramolecular Hbond substituents is 1. The summed E-state index contributed by atoms with van der Waals surface area (Å²) in [5.74, 6) is 0.234. The first kappa shape index (κ1) is 20.0. The van der Waals surface area contributed by atoms with Gasteiger partial charge in [-0.25, -0.2) is 0 Å². The van der Waals surface area contributed by atoms with Crippen molar-refractivity contribution in [3.8, 4) is 5.75 Å². The Bertz CT molecular complexity index is 708. The molecule has 2 aromatic rings. The molecule has 0 fully saturated rings. The molecule has 0 atom stereocenters. The molecule has 0 unspecified atom stereocenters. The van der Waals surface area contributed by atoms with Gasteiger partial charge in [0.1, 0.15) is 11.5 Å². The molecule has 0 aromatic heterocycles. The van der Waals surface area contributed by atoms with Crippen LogP contribution in [0.25, 0.3) is 0 Å². The summed E-state index contributed by atoms with van der Waals surface area (Å²) in [6.45, 7) is 4.24. The van der Waals surface area contributed by atoms with Gasteiger partial charge >= 0.3 is 0 Å². The molecule has 2 N–H and O–H groups in total. The minimum absolute atomic E-state index is 0.234. The lowest BCUT2D eigenvalue weighted by Gasteiger charge is -2.13. The zero-order chi connectivity index (χ0) is 18.8. The van der Waals surface area contributed by atoms with Gasteiger partial charge in [0.25, 0.3) is 0 Å². The van der Waals surface area contributed by atoms with Gasteiger partial charge in [-0.15, -0.1) is 0 Å². The van der Waals surface area contributed by atoms with E-state index in [0.29, 0.717) is 11.3 Å². The third-order valence-electron chi connectivity index (χ3n) is 4.79. The predicted octanol–water partition coefficient (Wildman–Crippen LogP) is 6.22. The molecule has 3 heteroatoms. The number of phenols is 1. The van der Waals surface area contributed by atoms with Gasteiger partial charge < -0.3 is 10.3 Å². The normalized spacial score (nSPS) is 11.7. The highest BCUT2D eigenvalue weighted by Gasteiger charge is 2.16. The molecule has 26 heavy (non-hydrogen) atoms. The minimum atomic E-state index is 0.234. The molecular formula is C23H31NO2. The van der Waals surface area contributed by atoms with E-state index in [2.05, 4.69) is 12.1 Å². The van der Waals surface area contributed by atoms with Gasteiger partial charge in [0.2, 0.25) is 0 Å². The van der Waals surface area contributed by atoms with E-state index in [0.717, 1.165) is 29.5 Å². The molecule has 0 radical (unpaired) electrons. The van der Waals surface area contributed by atoms with Crippen LogP contribution in [0.3, 0.4) is 0 Å². The SMILES string of the molecule is CCCCCCCCCc1cc(C)cc(/C(=N\O)c2ccccc2)c1O. The van der Waals surface area contributed by atoms with E-state index in [4.69, 9.17) is 0 Å². The largest absolute Gasteiger partial charge is 0.507 e. The highest BCUT2D eigenvalue weighted by atomic mass is 16.4. The number of hydrogen-bond donors (Lipinski definition) is 2. The quantitative estimate of drug-likeness (QED) is 0.230. The van der Waals surface area contributed by atoms with Crippen molar-refractivity contribution in [3.05, 3.63) is 64.7 Å². The fourth-order valence-electron chi connectivity index (χ4n) is 3.36. The first-order chi connectivity index (χ1) is 12.7. The van der Waals surface area contributed by atoms with Crippen LogP contribution in [0.1, 0.15) is 74.1 Å². The number of oxime groups is 1. The monoisotopic (exact) mass is 353 g/mol. The summed E-state index contributed by atoms with van der Waals surface area (Å²) in [6, 6.07) is 13.4. The van der Waals surface area contributed by atoms with Crippen molar-refractivity contribution in [1.82, 2.24) is 0 Å². The molecule has 0 aliphatic rings. The van der Waals surface area contributed by atoms with Crippen LogP contribution >= 0.6 is 0 Å². The molecule has 3 nitrogen and oxygen atoms in total. The number of unbranched alkanes of at least 4 members (excludes halogenated alkanes) is 6. The molecule has 0 saturated heterocycles. The average molecular weight is 354 g/mol. The number of nitrogens with zero attached hydrogens (tertiary/aromatic N) is 1. The van der Waals surface area contributed by atoms with Gasteiger partial charge in [-0.1, -0.05) is 87.0 Å². The molecule has 2 aromatic carbocycles. The summed E-state index contributed by atoms with van der Waals surface area (Å²) in [7, 11) is 0. The van der Waals surface area contributed by atoms with Crippen LogP contribution in [0.4, 0.5) is 0 Å².